The molecule has 0 unspecified atom stereocenters. The summed E-state index contributed by atoms with van der Waals surface area (Å²) in [7, 11) is 0. The van der Waals surface area contributed by atoms with Crippen LogP contribution in [0, 0.1) is 6.07 Å². The smallest absolute Gasteiger partial charge is 0.123 e. The van der Waals surface area contributed by atoms with Gasteiger partial charge in [-0.15, -0.1) is 11.3 Å². The van der Waals surface area contributed by atoms with E-state index in [4.69, 9.17) is 0 Å². The van der Waals surface area contributed by atoms with Crippen molar-refractivity contribution in [3.05, 3.63) is 72.8 Å². The molecule has 4 aromatic rings. The quantitative estimate of drug-likeness (QED) is 0.516. The molecule has 3 aromatic carbocycles. The van der Waals surface area contributed by atoms with Gasteiger partial charge in [-0.05, 0) is 47.5 Å². The zero-order chi connectivity index (χ0) is 15.8. The average molecular weight is 317 g/mol. The summed E-state index contributed by atoms with van der Waals surface area (Å²) >= 11 is 1.65. The van der Waals surface area contributed by atoms with Gasteiger partial charge < -0.3 is 10.2 Å². The van der Waals surface area contributed by atoms with Crippen molar-refractivity contribution >= 4 is 21.4 Å². The second-order valence-electron chi connectivity index (χ2n) is 5.30. The number of phenolic OH excluding ortho intramolecular Hbond substituents is 2. The number of aromatic hydroxyl groups is 2. The summed E-state index contributed by atoms with van der Waals surface area (Å²) in [5, 5.41) is 20.6. The monoisotopic (exact) mass is 317 g/mol. The molecule has 0 amide bonds. The van der Waals surface area contributed by atoms with E-state index in [1.807, 2.05) is 42.5 Å². The number of hydrogen-bond donors (Lipinski definition) is 2. The van der Waals surface area contributed by atoms with Gasteiger partial charge in [0.2, 0.25) is 0 Å². The molecule has 0 saturated carbocycles. The first-order valence-electron chi connectivity index (χ1n) is 7.25. The van der Waals surface area contributed by atoms with Crippen LogP contribution in [0.3, 0.4) is 0 Å². The fourth-order valence-corrected chi connectivity index (χ4v) is 3.70. The lowest BCUT2D eigenvalue weighted by Crippen LogP contribution is -1.79. The SMILES string of the molecule is Oc1ccc(-c2[c]c3c(-c4ccccc4O)cccc3s2)cc1. The maximum atomic E-state index is 10.1. The van der Waals surface area contributed by atoms with Crippen LogP contribution in [-0.2, 0) is 0 Å². The van der Waals surface area contributed by atoms with Crippen LogP contribution in [0.15, 0.2) is 66.7 Å². The summed E-state index contributed by atoms with van der Waals surface area (Å²) in [5.74, 6) is 0.524. The Hall–Kier alpha value is -2.78. The van der Waals surface area contributed by atoms with E-state index in [1.54, 1.807) is 29.5 Å². The van der Waals surface area contributed by atoms with Crippen molar-refractivity contribution in [3.8, 4) is 33.1 Å². The summed E-state index contributed by atoms with van der Waals surface area (Å²) in [5.41, 5.74) is 2.80. The molecule has 0 fully saturated rings. The molecule has 0 aliphatic heterocycles. The summed E-state index contributed by atoms with van der Waals surface area (Å²) < 4.78 is 1.12. The predicted molar refractivity (Wildman–Crippen MR) is 94.9 cm³/mol. The van der Waals surface area contributed by atoms with Crippen LogP contribution in [0.25, 0.3) is 31.7 Å². The normalized spacial score (nSPS) is 11.0. The Kier molecular flexibility index (Phi) is 3.28. The minimum Gasteiger partial charge on any atom is -0.508 e. The summed E-state index contributed by atoms with van der Waals surface area (Å²) in [4.78, 5) is 1.02. The van der Waals surface area contributed by atoms with Gasteiger partial charge in [0.1, 0.15) is 11.5 Å². The molecule has 0 aliphatic rings. The molecule has 3 heteroatoms. The molecule has 2 nitrogen and oxygen atoms in total. The second kappa shape index (κ2) is 5.45. The van der Waals surface area contributed by atoms with Crippen LogP contribution in [-0.4, -0.2) is 10.2 Å². The topological polar surface area (TPSA) is 40.5 Å². The van der Waals surface area contributed by atoms with Crippen molar-refractivity contribution < 1.29 is 10.2 Å². The van der Waals surface area contributed by atoms with Gasteiger partial charge in [-0.25, -0.2) is 0 Å². The molecule has 1 radical (unpaired) electrons. The first kappa shape index (κ1) is 13.9. The maximum Gasteiger partial charge on any atom is 0.123 e. The van der Waals surface area contributed by atoms with Gasteiger partial charge >= 0.3 is 0 Å². The van der Waals surface area contributed by atoms with Crippen LogP contribution in [0.4, 0.5) is 0 Å². The number of benzene rings is 3. The Bertz CT molecular complexity index is 984. The number of thiophene rings is 1. The predicted octanol–water partition coefficient (Wildman–Crippen LogP) is 5.45. The third-order valence-electron chi connectivity index (χ3n) is 3.80. The number of hydrogen-bond acceptors (Lipinski definition) is 3. The van der Waals surface area contributed by atoms with Crippen LogP contribution in [0.1, 0.15) is 0 Å². The molecule has 2 N–H and O–H groups in total. The van der Waals surface area contributed by atoms with Gasteiger partial charge in [0.05, 0.1) is 0 Å². The molecule has 4 rings (SSSR count). The Morgan fingerprint density at radius 3 is 2.26 bits per heavy atom. The molecule has 0 atom stereocenters. The van der Waals surface area contributed by atoms with Crippen LogP contribution in [0.2, 0.25) is 0 Å². The Morgan fingerprint density at radius 1 is 0.739 bits per heavy atom. The van der Waals surface area contributed by atoms with Gasteiger partial charge in [-0.2, -0.15) is 0 Å². The standard InChI is InChI=1S/C20H13O2S/c21-14-10-8-13(9-11-14)20-12-17-15(5-3-7-19(17)23-20)16-4-1-2-6-18(16)22/h1-11,21-22H. The Morgan fingerprint density at radius 2 is 1.48 bits per heavy atom. The summed E-state index contributed by atoms with van der Waals surface area (Å²) in [6.45, 7) is 0. The van der Waals surface area contributed by atoms with Crippen LogP contribution < -0.4 is 0 Å². The number of rotatable bonds is 2. The molecular weight excluding hydrogens is 304 g/mol. The van der Waals surface area contributed by atoms with E-state index in [0.717, 1.165) is 31.7 Å². The molecule has 23 heavy (non-hydrogen) atoms. The van der Waals surface area contributed by atoms with Crippen molar-refractivity contribution in [2.75, 3.05) is 0 Å². The highest BCUT2D eigenvalue weighted by molar-refractivity contribution is 7.22. The highest BCUT2D eigenvalue weighted by Gasteiger charge is 2.12. The van der Waals surface area contributed by atoms with E-state index in [9.17, 15) is 10.2 Å². The zero-order valence-corrected chi connectivity index (χ0v) is 13.0. The van der Waals surface area contributed by atoms with Gasteiger partial charge in [0.15, 0.2) is 0 Å². The van der Waals surface area contributed by atoms with E-state index >= 15 is 0 Å². The highest BCUT2D eigenvalue weighted by Crippen LogP contribution is 2.40. The van der Waals surface area contributed by atoms with E-state index in [1.165, 1.54) is 0 Å². The minimum absolute atomic E-state index is 0.254. The van der Waals surface area contributed by atoms with Crippen LogP contribution in [0.5, 0.6) is 11.5 Å². The number of para-hydroxylation sites is 1. The van der Waals surface area contributed by atoms with Gasteiger partial charge in [-0.3, -0.25) is 0 Å². The lowest BCUT2D eigenvalue weighted by Gasteiger charge is -2.05. The van der Waals surface area contributed by atoms with Crippen molar-refractivity contribution in [3.63, 3.8) is 0 Å². The van der Waals surface area contributed by atoms with E-state index < -0.39 is 0 Å². The molecular formula is C20H13O2S. The first-order chi connectivity index (χ1) is 11.2. The molecule has 0 bridgehead atoms. The highest BCUT2D eigenvalue weighted by atomic mass is 32.1. The number of phenols is 2. The third kappa shape index (κ3) is 2.45. The maximum absolute atomic E-state index is 10.1. The van der Waals surface area contributed by atoms with Gasteiger partial charge in [0.25, 0.3) is 0 Å². The summed E-state index contributed by atoms with van der Waals surface area (Å²) in [6, 6.07) is 24.0. The molecule has 0 spiro atoms. The van der Waals surface area contributed by atoms with Crippen molar-refractivity contribution in [1.29, 1.82) is 0 Å². The largest absolute Gasteiger partial charge is 0.508 e. The van der Waals surface area contributed by atoms with Gasteiger partial charge in [-0.1, -0.05) is 30.3 Å². The van der Waals surface area contributed by atoms with Crippen molar-refractivity contribution in [1.82, 2.24) is 0 Å². The van der Waals surface area contributed by atoms with E-state index in [2.05, 4.69) is 12.1 Å². The molecule has 111 valence electrons. The molecule has 0 aliphatic carbocycles. The minimum atomic E-state index is 0.254. The fourth-order valence-electron chi connectivity index (χ4n) is 2.66. The average Bonchev–Trinajstić information content (AvgIpc) is 3.00. The molecule has 0 saturated heterocycles. The molecule has 1 aromatic heterocycles. The lowest BCUT2D eigenvalue weighted by atomic mass is 10.0. The Balaban J connectivity index is 1.91. The number of fused-ring (bicyclic) bond motifs is 1. The van der Waals surface area contributed by atoms with E-state index in [0.29, 0.717) is 0 Å². The Labute approximate surface area is 137 Å². The van der Waals surface area contributed by atoms with Crippen LogP contribution >= 0.6 is 11.3 Å². The van der Waals surface area contributed by atoms with Crippen molar-refractivity contribution in [2.45, 2.75) is 0 Å². The lowest BCUT2D eigenvalue weighted by molar-refractivity contribution is 0.475. The molecule has 1 heterocycles. The van der Waals surface area contributed by atoms with E-state index in [-0.39, 0.29) is 11.5 Å². The fraction of sp³-hybridized carbons (Fsp3) is 0. The first-order valence-corrected chi connectivity index (χ1v) is 8.06. The summed E-state index contributed by atoms with van der Waals surface area (Å²) in [6.07, 6.45) is 0. The zero-order valence-electron chi connectivity index (χ0n) is 12.2. The van der Waals surface area contributed by atoms with Gasteiger partial charge in [0, 0.05) is 26.6 Å². The van der Waals surface area contributed by atoms with Crippen molar-refractivity contribution in [2.24, 2.45) is 0 Å². The third-order valence-corrected chi connectivity index (χ3v) is 4.90. The second-order valence-corrected chi connectivity index (χ2v) is 6.35.